The van der Waals surface area contributed by atoms with Gasteiger partial charge in [-0.15, -0.1) is 0 Å². The minimum Gasteiger partial charge on any atom is -0.258 e. The van der Waals surface area contributed by atoms with Gasteiger partial charge in [-0.1, -0.05) is 13.2 Å². The van der Waals surface area contributed by atoms with E-state index in [2.05, 4.69) is 33.1 Å². The molecular formula is C14H16N4. The molecule has 0 radical (unpaired) electrons. The maximum Gasteiger partial charge on any atom is 0.0807 e. The van der Waals surface area contributed by atoms with Gasteiger partial charge in [0.25, 0.3) is 0 Å². The van der Waals surface area contributed by atoms with Crippen LogP contribution in [0.3, 0.4) is 0 Å². The average molecular weight is 240 g/mol. The van der Waals surface area contributed by atoms with Gasteiger partial charge in [-0.05, 0) is 26.0 Å². The Morgan fingerprint density at radius 1 is 0.722 bits per heavy atom. The molecule has 0 saturated heterocycles. The monoisotopic (exact) mass is 240 g/mol. The van der Waals surface area contributed by atoms with Crippen molar-refractivity contribution in [3.05, 3.63) is 60.7 Å². The van der Waals surface area contributed by atoms with Crippen molar-refractivity contribution in [1.29, 1.82) is 0 Å². The Morgan fingerprint density at radius 3 is 1.33 bits per heavy atom. The molecule has 2 aromatic rings. The molecule has 0 aromatic carbocycles. The zero-order valence-electron chi connectivity index (χ0n) is 10.7. The van der Waals surface area contributed by atoms with Gasteiger partial charge in [0.05, 0.1) is 35.2 Å². The summed E-state index contributed by atoms with van der Waals surface area (Å²) < 4.78 is 0. The van der Waals surface area contributed by atoms with Gasteiger partial charge in [0.2, 0.25) is 0 Å². The van der Waals surface area contributed by atoms with Crippen LogP contribution in [0.25, 0.3) is 12.2 Å². The zero-order valence-corrected chi connectivity index (χ0v) is 10.7. The minimum absolute atomic E-state index is 0.820. The highest BCUT2D eigenvalue weighted by Gasteiger charge is 1.85. The maximum absolute atomic E-state index is 4.02. The lowest BCUT2D eigenvalue weighted by Gasteiger charge is -1.89. The Morgan fingerprint density at radius 2 is 1.11 bits per heavy atom. The lowest BCUT2D eigenvalue weighted by Crippen LogP contribution is -1.84. The first-order valence-corrected chi connectivity index (χ1v) is 5.48. The summed E-state index contributed by atoms with van der Waals surface area (Å²) in [4.78, 5) is 16.1. The van der Waals surface area contributed by atoms with E-state index in [0.717, 1.165) is 22.8 Å². The standard InChI is InChI=1S/2C7H8N2/c2*1-3-7-5-8-6(2)4-9-7/h2*3-5H,1H2,2H3. The normalized spacial score (nSPS) is 9.00. The number of nitrogens with zero attached hydrogens (tertiary/aromatic N) is 4. The molecule has 0 unspecified atom stereocenters. The van der Waals surface area contributed by atoms with E-state index in [0.29, 0.717) is 0 Å². The summed E-state index contributed by atoms with van der Waals surface area (Å²) in [7, 11) is 0. The summed E-state index contributed by atoms with van der Waals surface area (Å²) in [6.45, 7) is 10.9. The van der Waals surface area contributed by atoms with Crippen molar-refractivity contribution in [3.63, 3.8) is 0 Å². The molecule has 0 atom stereocenters. The van der Waals surface area contributed by atoms with Crippen LogP contribution in [-0.4, -0.2) is 19.9 Å². The maximum atomic E-state index is 4.02. The fourth-order valence-corrected chi connectivity index (χ4v) is 1.02. The van der Waals surface area contributed by atoms with Gasteiger partial charge in [-0.3, -0.25) is 19.9 Å². The third-order valence-electron chi connectivity index (χ3n) is 2.02. The van der Waals surface area contributed by atoms with Crippen LogP contribution in [0.1, 0.15) is 22.8 Å². The van der Waals surface area contributed by atoms with E-state index in [-0.39, 0.29) is 0 Å². The average Bonchev–Trinajstić information content (AvgIpc) is 2.41. The molecule has 0 saturated carbocycles. The SMILES string of the molecule is C=Cc1cnc(C)cn1.C=Cc1cnc(C)cn1. The first-order chi connectivity index (χ1) is 8.65. The minimum atomic E-state index is 0.820. The topological polar surface area (TPSA) is 51.6 Å². The highest BCUT2D eigenvalue weighted by molar-refractivity contribution is 5.39. The molecule has 4 nitrogen and oxygen atoms in total. The van der Waals surface area contributed by atoms with Gasteiger partial charge in [0, 0.05) is 12.4 Å². The highest BCUT2D eigenvalue weighted by Crippen LogP contribution is 1.94. The van der Waals surface area contributed by atoms with Gasteiger partial charge in [-0.25, -0.2) is 0 Å². The zero-order chi connectivity index (χ0) is 13.4. The predicted molar refractivity (Wildman–Crippen MR) is 73.7 cm³/mol. The van der Waals surface area contributed by atoms with Crippen molar-refractivity contribution >= 4 is 12.2 Å². The Labute approximate surface area is 107 Å². The van der Waals surface area contributed by atoms with Gasteiger partial charge >= 0.3 is 0 Å². The molecule has 2 aromatic heterocycles. The molecule has 0 N–H and O–H groups in total. The van der Waals surface area contributed by atoms with Crippen molar-refractivity contribution in [2.45, 2.75) is 13.8 Å². The van der Waals surface area contributed by atoms with E-state index in [1.165, 1.54) is 0 Å². The number of hydrogen-bond donors (Lipinski definition) is 0. The Hall–Kier alpha value is -2.36. The molecule has 4 heteroatoms. The molecule has 0 bridgehead atoms. The molecule has 2 rings (SSSR count). The van der Waals surface area contributed by atoms with Crippen LogP contribution in [0.15, 0.2) is 37.9 Å². The summed E-state index contributed by atoms with van der Waals surface area (Å²) in [5.41, 5.74) is 3.50. The van der Waals surface area contributed by atoms with Crippen molar-refractivity contribution in [2.75, 3.05) is 0 Å². The van der Waals surface area contributed by atoms with Gasteiger partial charge < -0.3 is 0 Å². The second kappa shape index (κ2) is 7.06. The van der Waals surface area contributed by atoms with Crippen LogP contribution >= 0.6 is 0 Å². The number of aryl methyl sites for hydroxylation is 2. The van der Waals surface area contributed by atoms with Crippen molar-refractivity contribution in [3.8, 4) is 0 Å². The molecule has 0 amide bonds. The van der Waals surface area contributed by atoms with Crippen LogP contribution in [0, 0.1) is 13.8 Å². The lowest BCUT2D eigenvalue weighted by molar-refractivity contribution is 1.10. The molecule has 0 spiro atoms. The smallest absolute Gasteiger partial charge is 0.0807 e. The van der Waals surface area contributed by atoms with E-state index < -0.39 is 0 Å². The van der Waals surface area contributed by atoms with E-state index in [1.807, 2.05) is 13.8 Å². The predicted octanol–water partition coefficient (Wildman–Crippen LogP) is 2.86. The molecular weight excluding hydrogens is 224 g/mol. The van der Waals surface area contributed by atoms with Crippen molar-refractivity contribution in [2.24, 2.45) is 0 Å². The summed E-state index contributed by atoms with van der Waals surface area (Å²) in [6, 6.07) is 0. The Balaban J connectivity index is 0.000000180. The fraction of sp³-hybridized carbons (Fsp3) is 0.143. The molecule has 92 valence electrons. The molecule has 2 heterocycles. The lowest BCUT2D eigenvalue weighted by atomic mass is 10.4. The largest absolute Gasteiger partial charge is 0.258 e. The van der Waals surface area contributed by atoms with Crippen LogP contribution in [0.2, 0.25) is 0 Å². The number of hydrogen-bond acceptors (Lipinski definition) is 4. The van der Waals surface area contributed by atoms with Crippen LogP contribution < -0.4 is 0 Å². The number of rotatable bonds is 2. The molecule has 0 fully saturated rings. The van der Waals surface area contributed by atoms with Crippen molar-refractivity contribution < 1.29 is 0 Å². The van der Waals surface area contributed by atoms with Crippen LogP contribution in [0.5, 0.6) is 0 Å². The summed E-state index contributed by atoms with van der Waals surface area (Å²) >= 11 is 0. The molecule has 0 aliphatic rings. The second-order valence-corrected chi connectivity index (χ2v) is 3.57. The van der Waals surface area contributed by atoms with E-state index in [1.54, 1.807) is 36.9 Å². The van der Waals surface area contributed by atoms with Gasteiger partial charge in [0.1, 0.15) is 0 Å². The first kappa shape index (κ1) is 13.7. The van der Waals surface area contributed by atoms with Crippen LogP contribution in [0.4, 0.5) is 0 Å². The quantitative estimate of drug-likeness (QED) is 0.810. The van der Waals surface area contributed by atoms with Crippen LogP contribution in [-0.2, 0) is 0 Å². The van der Waals surface area contributed by atoms with Crippen molar-refractivity contribution in [1.82, 2.24) is 19.9 Å². The third-order valence-corrected chi connectivity index (χ3v) is 2.02. The Kier molecular flexibility index (Phi) is 5.38. The molecule has 0 aliphatic heterocycles. The number of aromatic nitrogens is 4. The second-order valence-electron chi connectivity index (χ2n) is 3.57. The summed E-state index contributed by atoms with van der Waals surface area (Å²) in [5.74, 6) is 0. The molecule has 0 aliphatic carbocycles. The third kappa shape index (κ3) is 4.65. The van der Waals surface area contributed by atoms with E-state index in [4.69, 9.17) is 0 Å². The first-order valence-electron chi connectivity index (χ1n) is 5.48. The van der Waals surface area contributed by atoms with E-state index >= 15 is 0 Å². The summed E-state index contributed by atoms with van der Waals surface area (Å²) in [6.07, 6.45) is 10.2. The highest BCUT2D eigenvalue weighted by atomic mass is 14.8. The fourth-order valence-electron chi connectivity index (χ4n) is 1.02. The summed E-state index contributed by atoms with van der Waals surface area (Å²) in [5, 5.41) is 0. The van der Waals surface area contributed by atoms with Gasteiger partial charge in [-0.2, -0.15) is 0 Å². The molecule has 18 heavy (non-hydrogen) atoms. The van der Waals surface area contributed by atoms with E-state index in [9.17, 15) is 0 Å². The van der Waals surface area contributed by atoms with Gasteiger partial charge in [0.15, 0.2) is 0 Å². The Bertz CT molecular complexity index is 451.